The number of aromatic nitrogens is 2. The van der Waals surface area contributed by atoms with Gasteiger partial charge < -0.3 is 14.0 Å². The van der Waals surface area contributed by atoms with Crippen LogP contribution in [0.3, 0.4) is 0 Å². The van der Waals surface area contributed by atoms with Crippen molar-refractivity contribution < 1.29 is 9.47 Å². The van der Waals surface area contributed by atoms with E-state index in [0.29, 0.717) is 24.8 Å². The van der Waals surface area contributed by atoms with Crippen LogP contribution in [0.4, 0.5) is 0 Å². The number of nitrogens with zero attached hydrogens (tertiary/aromatic N) is 2. The van der Waals surface area contributed by atoms with Crippen molar-refractivity contribution in [3.05, 3.63) is 40.4 Å². The van der Waals surface area contributed by atoms with Crippen molar-refractivity contribution in [2.24, 2.45) is 0 Å². The molecule has 0 spiro atoms. The molecule has 0 unspecified atom stereocenters. The van der Waals surface area contributed by atoms with Gasteiger partial charge in [-0.1, -0.05) is 11.6 Å². The van der Waals surface area contributed by atoms with Gasteiger partial charge in [-0.05, 0) is 25.5 Å². The molecule has 1 aliphatic rings. The number of hydrogen-bond donors (Lipinski definition) is 0. The summed E-state index contributed by atoms with van der Waals surface area (Å²) in [4.78, 5) is 4.39. The van der Waals surface area contributed by atoms with Crippen molar-refractivity contribution in [3.8, 4) is 11.5 Å². The van der Waals surface area contributed by atoms with Gasteiger partial charge in [0.25, 0.3) is 0 Å². The van der Waals surface area contributed by atoms with Crippen LogP contribution in [0.2, 0.25) is 5.02 Å². The molecule has 100 valence electrons. The summed E-state index contributed by atoms with van der Waals surface area (Å²) in [6, 6.07) is 3.77. The van der Waals surface area contributed by atoms with Gasteiger partial charge in [0, 0.05) is 17.3 Å². The lowest BCUT2D eigenvalue weighted by Crippen LogP contribution is -2.15. The smallest absolute Gasteiger partial charge is 0.162 e. The van der Waals surface area contributed by atoms with E-state index in [9.17, 15) is 0 Å². The van der Waals surface area contributed by atoms with E-state index in [2.05, 4.69) is 9.55 Å². The fourth-order valence-corrected chi connectivity index (χ4v) is 2.45. The highest BCUT2D eigenvalue weighted by Gasteiger charge is 2.15. The molecule has 0 N–H and O–H groups in total. The molecular weight excluding hydrogens is 264 g/mol. The number of benzene rings is 1. The number of aryl methyl sites for hydroxylation is 2. The maximum absolute atomic E-state index is 6.30. The Hall–Kier alpha value is -1.68. The molecule has 0 saturated carbocycles. The lowest BCUT2D eigenvalue weighted by molar-refractivity contribution is 0.171. The first kappa shape index (κ1) is 12.4. The van der Waals surface area contributed by atoms with Crippen molar-refractivity contribution in [2.45, 2.75) is 20.4 Å². The van der Waals surface area contributed by atoms with Gasteiger partial charge in [0.1, 0.15) is 19.0 Å². The second-order valence-electron chi connectivity index (χ2n) is 4.64. The van der Waals surface area contributed by atoms with Gasteiger partial charge in [0.05, 0.1) is 12.2 Å². The molecule has 0 aliphatic carbocycles. The molecule has 1 aliphatic heterocycles. The van der Waals surface area contributed by atoms with Crippen molar-refractivity contribution in [3.63, 3.8) is 0 Å². The van der Waals surface area contributed by atoms with E-state index in [4.69, 9.17) is 21.1 Å². The fourth-order valence-electron chi connectivity index (χ4n) is 2.24. The molecule has 0 radical (unpaired) electrons. The van der Waals surface area contributed by atoms with E-state index in [1.165, 1.54) is 0 Å². The predicted molar refractivity (Wildman–Crippen MR) is 73.2 cm³/mol. The highest BCUT2D eigenvalue weighted by Crippen LogP contribution is 2.35. The molecule has 0 bridgehead atoms. The van der Waals surface area contributed by atoms with Crippen LogP contribution in [0.5, 0.6) is 11.5 Å². The second kappa shape index (κ2) is 4.78. The number of ether oxygens (including phenoxy) is 2. The number of rotatable bonds is 2. The Bertz CT molecular complexity index is 622. The SMILES string of the molecule is Cc1cn(Cc2cc3c(cc2Cl)OCCO3)c(C)n1. The quantitative estimate of drug-likeness (QED) is 0.847. The van der Waals surface area contributed by atoms with Crippen LogP contribution in [0, 0.1) is 13.8 Å². The summed E-state index contributed by atoms with van der Waals surface area (Å²) in [5.74, 6) is 2.46. The summed E-state index contributed by atoms with van der Waals surface area (Å²) in [5, 5.41) is 0.690. The second-order valence-corrected chi connectivity index (χ2v) is 5.05. The monoisotopic (exact) mass is 278 g/mol. The Kier molecular flexibility index (Phi) is 3.11. The maximum atomic E-state index is 6.30. The van der Waals surface area contributed by atoms with Gasteiger partial charge >= 0.3 is 0 Å². The molecule has 5 heteroatoms. The Balaban J connectivity index is 1.94. The van der Waals surface area contributed by atoms with E-state index in [-0.39, 0.29) is 0 Å². The molecule has 0 atom stereocenters. The van der Waals surface area contributed by atoms with Crippen molar-refractivity contribution in [2.75, 3.05) is 13.2 Å². The van der Waals surface area contributed by atoms with Crippen LogP contribution in [-0.2, 0) is 6.54 Å². The van der Waals surface area contributed by atoms with Crippen LogP contribution < -0.4 is 9.47 Å². The number of imidazole rings is 1. The van der Waals surface area contributed by atoms with Gasteiger partial charge in [0.2, 0.25) is 0 Å². The summed E-state index contributed by atoms with van der Waals surface area (Å²) in [6.45, 7) is 5.80. The van der Waals surface area contributed by atoms with Gasteiger partial charge in [-0.25, -0.2) is 4.98 Å². The van der Waals surface area contributed by atoms with E-state index in [1.54, 1.807) is 0 Å². The zero-order valence-corrected chi connectivity index (χ0v) is 11.7. The molecule has 1 aromatic carbocycles. The minimum atomic E-state index is 0.572. The van der Waals surface area contributed by atoms with Crippen LogP contribution in [0.25, 0.3) is 0 Å². The van der Waals surface area contributed by atoms with Crippen LogP contribution in [-0.4, -0.2) is 22.8 Å². The lowest BCUT2D eigenvalue weighted by atomic mass is 10.2. The first-order valence-electron chi connectivity index (χ1n) is 6.22. The third-order valence-electron chi connectivity index (χ3n) is 3.15. The summed E-state index contributed by atoms with van der Waals surface area (Å²) in [5.41, 5.74) is 2.01. The van der Waals surface area contributed by atoms with Crippen LogP contribution in [0.1, 0.15) is 17.1 Å². The third kappa shape index (κ3) is 2.40. The summed E-state index contributed by atoms with van der Waals surface area (Å²) in [6.07, 6.45) is 2.02. The van der Waals surface area contributed by atoms with Crippen molar-refractivity contribution >= 4 is 11.6 Å². The van der Waals surface area contributed by atoms with Gasteiger partial charge in [-0.15, -0.1) is 0 Å². The molecule has 0 amide bonds. The Morgan fingerprint density at radius 2 is 1.89 bits per heavy atom. The van der Waals surface area contributed by atoms with Gasteiger partial charge in [-0.2, -0.15) is 0 Å². The molecule has 19 heavy (non-hydrogen) atoms. The molecule has 4 nitrogen and oxygen atoms in total. The van der Waals surface area contributed by atoms with Crippen LogP contribution in [0.15, 0.2) is 18.3 Å². The largest absolute Gasteiger partial charge is 0.486 e. The van der Waals surface area contributed by atoms with Crippen LogP contribution >= 0.6 is 11.6 Å². The highest BCUT2D eigenvalue weighted by atomic mass is 35.5. The Morgan fingerprint density at radius 1 is 1.21 bits per heavy atom. The molecule has 3 rings (SSSR count). The van der Waals surface area contributed by atoms with Crippen molar-refractivity contribution in [1.82, 2.24) is 9.55 Å². The predicted octanol–water partition coefficient (Wildman–Crippen LogP) is 2.97. The van der Waals surface area contributed by atoms with Gasteiger partial charge in [0.15, 0.2) is 11.5 Å². The third-order valence-corrected chi connectivity index (χ3v) is 3.50. The van der Waals surface area contributed by atoms with E-state index in [0.717, 1.165) is 28.6 Å². The summed E-state index contributed by atoms with van der Waals surface area (Å²) in [7, 11) is 0. The number of hydrogen-bond acceptors (Lipinski definition) is 3. The van der Waals surface area contributed by atoms with E-state index in [1.807, 2.05) is 32.2 Å². The highest BCUT2D eigenvalue weighted by molar-refractivity contribution is 6.31. The summed E-state index contributed by atoms with van der Waals surface area (Å²) >= 11 is 6.30. The molecular formula is C14H15ClN2O2. The van der Waals surface area contributed by atoms with Crippen molar-refractivity contribution in [1.29, 1.82) is 0 Å². The minimum Gasteiger partial charge on any atom is -0.486 e. The zero-order valence-electron chi connectivity index (χ0n) is 10.9. The first-order chi connectivity index (χ1) is 9.13. The van der Waals surface area contributed by atoms with Gasteiger partial charge in [-0.3, -0.25) is 0 Å². The average Bonchev–Trinajstić information content (AvgIpc) is 2.69. The molecule has 2 heterocycles. The molecule has 0 saturated heterocycles. The average molecular weight is 279 g/mol. The topological polar surface area (TPSA) is 36.3 Å². The molecule has 1 aromatic heterocycles. The fraction of sp³-hybridized carbons (Fsp3) is 0.357. The molecule has 0 fully saturated rings. The number of fused-ring (bicyclic) bond motifs is 1. The lowest BCUT2D eigenvalue weighted by Gasteiger charge is -2.20. The zero-order chi connectivity index (χ0) is 13.4. The standard InChI is InChI=1S/C14H15ClN2O2/c1-9-7-17(10(2)16-9)8-11-5-13-14(6-12(11)15)19-4-3-18-13/h5-7H,3-4,8H2,1-2H3. The Labute approximate surface area is 116 Å². The Morgan fingerprint density at radius 3 is 2.53 bits per heavy atom. The minimum absolute atomic E-state index is 0.572. The normalized spacial score (nSPS) is 13.6. The van der Waals surface area contributed by atoms with E-state index < -0.39 is 0 Å². The first-order valence-corrected chi connectivity index (χ1v) is 6.59. The maximum Gasteiger partial charge on any atom is 0.162 e. The summed E-state index contributed by atoms with van der Waals surface area (Å²) < 4.78 is 13.2. The van der Waals surface area contributed by atoms with E-state index >= 15 is 0 Å². The molecule has 2 aromatic rings. The number of halogens is 1.